The molecule has 3 heterocycles. The molecule has 0 bridgehead atoms. The molecule has 1 aliphatic heterocycles. The smallest absolute Gasteiger partial charge is 0.263 e. The van der Waals surface area contributed by atoms with E-state index in [0.717, 1.165) is 138 Å². The van der Waals surface area contributed by atoms with Crippen molar-refractivity contribution in [2.45, 2.75) is 38.5 Å². The Bertz CT molecular complexity index is 2520. The third kappa shape index (κ3) is 8.92. The van der Waals surface area contributed by atoms with Gasteiger partial charge in [-0.25, -0.2) is 27.5 Å². The third-order valence-corrected chi connectivity index (χ3v) is 12.5. The summed E-state index contributed by atoms with van der Waals surface area (Å²) in [7, 11) is 0. The highest BCUT2D eigenvalue weighted by atomic mass is 32.1. The second-order valence-electron chi connectivity index (χ2n) is 14.3. The van der Waals surface area contributed by atoms with E-state index in [-0.39, 0.29) is 10.9 Å². The largest absolute Gasteiger partial charge is 0.508 e. The third-order valence-electron chi connectivity index (χ3n) is 10.4. The Hall–Kier alpha value is -5.68. The molecule has 4 aromatic carbocycles. The van der Waals surface area contributed by atoms with E-state index < -0.39 is 46.2 Å². The van der Waals surface area contributed by atoms with Gasteiger partial charge in [0.05, 0.1) is 34.4 Å². The van der Waals surface area contributed by atoms with Crippen molar-refractivity contribution in [3.63, 3.8) is 0 Å². The number of amides is 2. The zero-order valence-corrected chi connectivity index (χ0v) is 33.8. The van der Waals surface area contributed by atoms with E-state index in [0.29, 0.717) is 18.2 Å². The van der Waals surface area contributed by atoms with Crippen LogP contribution < -0.4 is 15.4 Å². The lowest BCUT2D eigenvalue weighted by Crippen LogP contribution is -2.38. The van der Waals surface area contributed by atoms with Crippen molar-refractivity contribution in [1.82, 2.24) is 14.9 Å². The first kappa shape index (κ1) is 41.1. The SMILES string of the molecule is O=C(Nc1nc2c(s1)-c1cccc(O)c1CCC2)c1c(F)cccc1F.O=C(Nc1nc2c(s1)-c1cccc(OCCN3CCOCC3)c1CCC2)c1c(F)cccc1F. The number of phenols is 1. The first-order valence-electron chi connectivity index (χ1n) is 19.5. The van der Waals surface area contributed by atoms with Crippen LogP contribution in [0, 0.1) is 23.3 Å². The summed E-state index contributed by atoms with van der Waals surface area (Å²) in [4.78, 5) is 37.9. The average Bonchev–Trinajstić information content (AvgIpc) is 3.71. The first-order chi connectivity index (χ1) is 29.1. The van der Waals surface area contributed by atoms with Gasteiger partial charge < -0.3 is 14.6 Å². The summed E-state index contributed by atoms with van der Waals surface area (Å²) in [6, 6.07) is 17.9. The number of aromatic nitrogens is 2. The molecule has 9 rings (SSSR count). The number of hydrogen-bond acceptors (Lipinski definition) is 10. The number of ether oxygens (including phenoxy) is 2. The van der Waals surface area contributed by atoms with Crippen LogP contribution in [0.15, 0.2) is 72.8 Å². The summed E-state index contributed by atoms with van der Waals surface area (Å²) in [5.74, 6) is -4.26. The van der Waals surface area contributed by atoms with Gasteiger partial charge in [0.1, 0.15) is 52.5 Å². The van der Waals surface area contributed by atoms with Gasteiger partial charge in [-0.05, 0) is 74.9 Å². The molecular formula is C44H39F4N5O5S2. The molecule has 2 aromatic heterocycles. The Morgan fingerprint density at radius 3 is 1.72 bits per heavy atom. The number of phenolic OH excluding ortho intramolecular Hbond substituents is 1. The minimum Gasteiger partial charge on any atom is -0.508 e. The fourth-order valence-electron chi connectivity index (χ4n) is 7.52. The van der Waals surface area contributed by atoms with E-state index in [1.165, 1.54) is 34.8 Å². The minimum atomic E-state index is -0.920. The Balaban J connectivity index is 0.000000172. The normalized spacial score (nSPS) is 14.5. The highest BCUT2D eigenvalue weighted by Gasteiger charge is 2.26. The standard InChI is InChI=1S/C25H25F2N3O3S.C19H14F2N2O2S/c26-18-6-3-7-19(27)22(18)24(31)29-25-28-20-8-1-4-16-17(23(20)34-25)5-2-9-21(16)33-15-12-30-10-13-32-14-11-30;20-12-6-3-7-13(21)16(12)18(25)23-19-22-14-8-1-4-10-11(17(14)26-19)5-2-9-15(10)24/h2-3,5-7,9H,1,4,8,10-15H2,(H,28,29,31);2-3,5-7,9,24H,1,4,8H2,(H,22,23,25). The summed E-state index contributed by atoms with van der Waals surface area (Å²) >= 11 is 2.55. The van der Waals surface area contributed by atoms with Crippen molar-refractivity contribution in [3.05, 3.63) is 130 Å². The lowest BCUT2D eigenvalue weighted by molar-refractivity contribution is 0.0322. The number of benzene rings is 4. The van der Waals surface area contributed by atoms with Crippen molar-refractivity contribution in [2.75, 3.05) is 50.1 Å². The van der Waals surface area contributed by atoms with Crippen LogP contribution in [0.5, 0.6) is 11.5 Å². The Morgan fingerprint density at radius 2 is 1.17 bits per heavy atom. The molecular weight excluding hydrogens is 819 g/mol. The number of nitrogens with zero attached hydrogens (tertiary/aromatic N) is 3. The predicted octanol–water partition coefficient (Wildman–Crippen LogP) is 9.08. The molecule has 1 fully saturated rings. The number of anilines is 2. The highest BCUT2D eigenvalue weighted by Crippen LogP contribution is 2.43. The number of hydrogen-bond donors (Lipinski definition) is 3. The Morgan fingerprint density at radius 1 is 0.683 bits per heavy atom. The molecule has 3 N–H and O–H groups in total. The molecule has 0 atom stereocenters. The topological polar surface area (TPSA) is 126 Å². The number of halogens is 4. The summed E-state index contributed by atoms with van der Waals surface area (Å²) in [5, 5.41) is 15.8. The molecule has 16 heteroatoms. The molecule has 0 saturated carbocycles. The van der Waals surface area contributed by atoms with Crippen LogP contribution in [0.1, 0.15) is 56.1 Å². The minimum absolute atomic E-state index is 0.239. The summed E-state index contributed by atoms with van der Waals surface area (Å²) in [6.45, 7) is 4.81. The highest BCUT2D eigenvalue weighted by molar-refractivity contribution is 7.19. The summed E-state index contributed by atoms with van der Waals surface area (Å²) in [5.41, 5.74) is 4.35. The van der Waals surface area contributed by atoms with Gasteiger partial charge in [-0.2, -0.15) is 0 Å². The van der Waals surface area contributed by atoms with Gasteiger partial charge in [0.2, 0.25) is 0 Å². The molecule has 60 heavy (non-hydrogen) atoms. The van der Waals surface area contributed by atoms with Gasteiger partial charge in [-0.1, -0.05) is 59.1 Å². The summed E-state index contributed by atoms with van der Waals surface area (Å²) in [6.07, 6.45) is 4.77. The van der Waals surface area contributed by atoms with Gasteiger partial charge in [0.15, 0.2) is 10.3 Å². The van der Waals surface area contributed by atoms with E-state index in [1.807, 2.05) is 24.3 Å². The van der Waals surface area contributed by atoms with E-state index in [9.17, 15) is 32.3 Å². The zero-order chi connectivity index (χ0) is 41.8. The number of aryl methyl sites for hydroxylation is 2. The molecule has 1 saturated heterocycles. The van der Waals surface area contributed by atoms with E-state index in [4.69, 9.17) is 9.47 Å². The van der Waals surface area contributed by atoms with Crippen LogP contribution in [0.4, 0.5) is 27.8 Å². The number of nitrogens with one attached hydrogen (secondary N) is 2. The molecule has 10 nitrogen and oxygen atoms in total. The second kappa shape index (κ2) is 18.3. The number of morpholine rings is 1. The van der Waals surface area contributed by atoms with E-state index >= 15 is 0 Å². The maximum Gasteiger partial charge on any atom is 0.263 e. The van der Waals surface area contributed by atoms with Crippen molar-refractivity contribution in [2.24, 2.45) is 0 Å². The maximum absolute atomic E-state index is 14.0. The molecule has 0 unspecified atom stereocenters. The lowest BCUT2D eigenvalue weighted by atomic mass is 10.0. The van der Waals surface area contributed by atoms with Gasteiger partial charge in [0, 0.05) is 41.9 Å². The quantitative estimate of drug-likeness (QED) is 0.130. The molecule has 0 radical (unpaired) electrons. The van der Waals surface area contributed by atoms with Gasteiger partial charge in [0.25, 0.3) is 11.8 Å². The van der Waals surface area contributed by atoms with Crippen LogP contribution in [0.25, 0.3) is 20.9 Å². The monoisotopic (exact) mass is 857 g/mol. The van der Waals surface area contributed by atoms with Crippen molar-refractivity contribution >= 4 is 44.8 Å². The fourth-order valence-corrected chi connectivity index (χ4v) is 9.63. The fraction of sp³-hybridized carbons (Fsp3) is 0.273. The lowest BCUT2D eigenvalue weighted by Gasteiger charge is -2.26. The van der Waals surface area contributed by atoms with Crippen molar-refractivity contribution in [1.29, 1.82) is 0 Å². The number of carbonyl (C=O) groups is 2. The zero-order valence-electron chi connectivity index (χ0n) is 32.2. The molecule has 310 valence electrons. The predicted molar refractivity (Wildman–Crippen MR) is 222 cm³/mol. The Labute approximate surface area is 350 Å². The number of aromatic hydroxyl groups is 1. The van der Waals surface area contributed by atoms with Crippen LogP contribution in [0.2, 0.25) is 0 Å². The second-order valence-corrected chi connectivity index (χ2v) is 16.3. The first-order valence-corrected chi connectivity index (χ1v) is 21.1. The van der Waals surface area contributed by atoms with E-state index in [1.54, 1.807) is 12.1 Å². The summed E-state index contributed by atoms with van der Waals surface area (Å²) < 4.78 is 67.2. The van der Waals surface area contributed by atoms with Gasteiger partial charge >= 0.3 is 0 Å². The van der Waals surface area contributed by atoms with Crippen LogP contribution in [-0.4, -0.2) is 71.2 Å². The van der Waals surface area contributed by atoms with Crippen LogP contribution in [-0.2, 0) is 30.4 Å². The van der Waals surface area contributed by atoms with Crippen LogP contribution >= 0.6 is 22.7 Å². The molecule has 0 spiro atoms. The number of thiazole rings is 2. The Kier molecular flexibility index (Phi) is 12.5. The van der Waals surface area contributed by atoms with Gasteiger partial charge in [-0.15, -0.1) is 0 Å². The average molecular weight is 858 g/mol. The molecule has 6 aromatic rings. The van der Waals surface area contributed by atoms with Gasteiger partial charge in [-0.3, -0.25) is 25.1 Å². The van der Waals surface area contributed by atoms with Crippen LogP contribution in [0.3, 0.4) is 0 Å². The maximum atomic E-state index is 14.0. The number of fused-ring (bicyclic) bond motifs is 6. The number of rotatable bonds is 8. The molecule has 2 aliphatic carbocycles. The number of carbonyl (C=O) groups excluding carboxylic acids is 2. The molecule has 2 amide bonds. The van der Waals surface area contributed by atoms with E-state index in [2.05, 4.69) is 25.5 Å². The van der Waals surface area contributed by atoms with Crippen molar-refractivity contribution in [3.8, 4) is 32.4 Å². The molecule has 3 aliphatic rings. The van der Waals surface area contributed by atoms with Crippen molar-refractivity contribution < 1.29 is 41.7 Å².